The number of guanidine groups is 1. The summed E-state index contributed by atoms with van der Waals surface area (Å²) in [5, 5.41) is 7.31. The summed E-state index contributed by atoms with van der Waals surface area (Å²) in [6.45, 7) is 7.12. The van der Waals surface area contributed by atoms with Gasteiger partial charge in [0.2, 0.25) is 0 Å². The van der Waals surface area contributed by atoms with Crippen molar-refractivity contribution in [2.75, 3.05) is 14.2 Å². The van der Waals surface area contributed by atoms with E-state index in [-0.39, 0.29) is 24.0 Å². The van der Waals surface area contributed by atoms with Crippen molar-refractivity contribution in [3.63, 3.8) is 0 Å². The van der Waals surface area contributed by atoms with E-state index in [0.717, 1.165) is 17.3 Å². The third kappa shape index (κ3) is 6.74. The molecule has 6 heteroatoms. The van der Waals surface area contributed by atoms with Crippen molar-refractivity contribution < 1.29 is 4.74 Å². The zero-order valence-electron chi connectivity index (χ0n) is 13.2. The minimum Gasteiger partial charge on any atom is -0.496 e. The molecule has 0 fully saturated rings. The van der Waals surface area contributed by atoms with Crippen LogP contribution in [-0.4, -0.2) is 26.2 Å². The summed E-state index contributed by atoms with van der Waals surface area (Å²) in [5.74, 6) is 2.10. The fraction of sp³-hybridized carbons (Fsp3) is 0.533. The average Bonchev–Trinajstić information content (AvgIpc) is 2.43. The largest absolute Gasteiger partial charge is 0.496 e. The SMILES string of the molecule is CN=C(NCc1ccc(Cl)cc1OC)NC(C)C(C)C.I. The summed E-state index contributed by atoms with van der Waals surface area (Å²) in [6.07, 6.45) is 0. The second kappa shape index (κ2) is 10.1. The van der Waals surface area contributed by atoms with Gasteiger partial charge in [-0.25, -0.2) is 0 Å². The molecule has 0 saturated carbocycles. The summed E-state index contributed by atoms with van der Waals surface area (Å²) in [5.41, 5.74) is 1.04. The van der Waals surface area contributed by atoms with Crippen LogP contribution in [0.15, 0.2) is 23.2 Å². The van der Waals surface area contributed by atoms with Gasteiger partial charge in [0.1, 0.15) is 5.75 Å². The highest BCUT2D eigenvalue weighted by atomic mass is 127. The highest BCUT2D eigenvalue weighted by Gasteiger charge is 2.10. The molecule has 0 radical (unpaired) electrons. The first-order valence-corrected chi connectivity index (χ1v) is 7.15. The Morgan fingerprint density at radius 3 is 2.52 bits per heavy atom. The van der Waals surface area contributed by atoms with Gasteiger partial charge >= 0.3 is 0 Å². The third-order valence-corrected chi connectivity index (χ3v) is 3.52. The lowest BCUT2D eigenvalue weighted by atomic mass is 10.1. The quantitative estimate of drug-likeness (QED) is 0.430. The van der Waals surface area contributed by atoms with Gasteiger partial charge < -0.3 is 15.4 Å². The predicted octanol–water partition coefficient (Wildman–Crippen LogP) is 3.68. The first-order valence-electron chi connectivity index (χ1n) is 6.77. The molecule has 1 aromatic rings. The Morgan fingerprint density at radius 2 is 2.00 bits per heavy atom. The molecule has 4 nitrogen and oxygen atoms in total. The number of aliphatic imine (C=N–C) groups is 1. The van der Waals surface area contributed by atoms with E-state index in [1.807, 2.05) is 18.2 Å². The van der Waals surface area contributed by atoms with Gasteiger partial charge in [-0.15, -0.1) is 24.0 Å². The van der Waals surface area contributed by atoms with E-state index in [1.54, 1.807) is 14.2 Å². The van der Waals surface area contributed by atoms with Crippen LogP contribution in [0.2, 0.25) is 5.02 Å². The highest BCUT2D eigenvalue weighted by Crippen LogP contribution is 2.22. The molecule has 0 amide bonds. The lowest BCUT2D eigenvalue weighted by molar-refractivity contribution is 0.409. The zero-order chi connectivity index (χ0) is 15.1. The molecular formula is C15H25ClIN3O. The molecule has 0 spiro atoms. The zero-order valence-corrected chi connectivity index (χ0v) is 16.3. The van der Waals surface area contributed by atoms with Crippen LogP contribution in [0.1, 0.15) is 26.3 Å². The van der Waals surface area contributed by atoms with Gasteiger partial charge in [-0.2, -0.15) is 0 Å². The number of ether oxygens (including phenoxy) is 1. The van der Waals surface area contributed by atoms with E-state index in [4.69, 9.17) is 16.3 Å². The predicted molar refractivity (Wildman–Crippen MR) is 101 cm³/mol. The molecule has 0 aliphatic rings. The van der Waals surface area contributed by atoms with Gasteiger partial charge in [0, 0.05) is 30.2 Å². The van der Waals surface area contributed by atoms with E-state index < -0.39 is 0 Å². The summed E-state index contributed by atoms with van der Waals surface area (Å²) in [7, 11) is 3.41. The molecular weight excluding hydrogens is 401 g/mol. The second-order valence-electron chi connectivity index (χ2n) is 5.06. The smallest absolute Gasteiger partial charge is 0.191 e. The van der Waals surface area contributed by atoms with Crippen LogP contribution in [0.4, 0.5) is 0 Å². The standard InChI is InChI=1S/C15H24ClN3O.HI/c1-10(2)11(3)19-15(17-4)18-9-12-6-7-13(16)8-14(12)20-5;/h6-8,10-11H,9H2,1-5H3,(H2,17,18,19);1H. The summed E-state index contributed by atoms with van der Waals surface area (Å²) < 4.78 is 5.33. The second-order valence-corrected chi connectivity index (χ2v) is 5.50. The third-order valence-electron chi connectivity index (χ3n) is 3.28. The van der Waals surface area contributed by atoms with Gasteiger partial charge in [0.15, 0.2) is 5.96 Å². The summed E-state index contributed by atoms with van der Waals surface area (Å²) in [6, 6.07) is 5.97. The highest BCUT2D eigenvalue weighted by molar-refractivity contribution is 14.0. The van der Waals surface area contributed by atoms with E-state index in [0.29, 0.717) is 23.5 Å². The Kier molecular flexibility index (Phi) is 9.77. The van der Waals surface area contributed by atoms with Crippen molar-refractivity contribution in [1.82, 2.24) is 10.6 Å². The molecule has 0 aliphatic heterocycles. The molecule has 0 saturated heterocycles. The van der Waals surface area contributed by atoms with Crippen LogP contribution >= 0.6 is 35.6 Å². The Bertz CT molecular complexity index is 466. The molecule has 21 heavy (non-hydrogen) atoms. The van der Waals surface area contributed by atoms with Crippen LogP contribution in [0.5, 0.6) is 5.75 Å². The molecule has 0 bridgehead atoms. The Balaban J connectivity index is 0.00000400. The lowest BCUT2D eigenvalue weighted by Crippen LogP contribution is -2.43. The Hall–Kier alpha value is -0.690. The number of hydrogen-bond acceptors (Lipinski definition) is 2. The minimum atomic E-state index is 0. The molecule has 1 atom stereocenters. The van der Waals surface area contributed by atoms with Crippen molar-refractivity contribution in [1.29, 1.82) is 0 Å². The topological polar surface area (TPSA) is 45.7 Å². The van der Waals surface area contributed by atoms with E-state index in [2.05, 4.69) is 36.4 Å². The fourth-order valence-electron chi connectivity index (χ4n) is 1.62. The van der Waals surface area contributed by atoms with E-state index in [1.165, 1.54) is 0 Å². The molecule has 1 aromatic carbocycles. The average molecular weight is 426 g/mol. The van der Waals surface area contributed by atoms with Crippen LogP contribution < -0.4 is 15.4 Å². The van der Waals surface area contributed by atoms with Crippen molar-refractivity contribution >= 4 is 41.5 Å². The number of nitrogens with one attached hydrogen (secondary N) is 2. The van der Waals surface area contributed by atoms with Crippen LogP contribution in [-0.2, 0) is 6.54 Å². The molecule has 0 aliphatic carbocycles. The summed E-state index contributed by atoms with van der Waals surface area (Å²) in [4.78, 5) is 4.23. The van der Waals surface area contributed by atoms with Gasteiger partial charge in [-0.3, -0.25) is 4.99 Å². The Labute approximate surface area is 149 Å². The minimum absolute atomic E-state index is 0. The first kappa shape index (κ1) is 20.3. The number of methoxy groups -OCH3 is 1. The number of halogens is 2. The maximum Gasteiger partial charge on any atom is 0.191 e. The van der Waals surface area contributed by atoms with Crippen molar-refractivity contribution in [3.8, 4) is 5.75 Å². The van der Waals surface area contributed by atoms with Crippen molar-refractivity contribution in [3.05, 3.63) is 28.8 Å². The summed E-state index contributed by atoms with van der Waals surface area (Å²) >= 11 is 5.95. The molecule has 0 heterocycles. The molecule has 1 unspecified atom stereocenters. The van der Waals surface area contributed by atoms with E-state index >= 15 is 0 Å². The van der Waals surface area contributed by atoms with Crippen molar-refractivity contribution in [2.45, 2.75) is 33.4 Å². The number of nitrogens with zero attached hydrogens (tertiary/aromatic N) is 1. The van der Waals surface area contributed by atoms with Crippen LogP contribution in [0.25, 0.3) is 0 Å². The van der Waals surface area contributed by atoms with Crippen molar-refractivity contribution in [2.24, 2.45) is 10.9 Å². The number of rotatable bonds is 5. The fourth-order valence-corrected chi connectivity index (χ4v) is 1.78. The molecule has 0 aromatic heterocycles. The lowest BCUT2D eigenvalue weighted by Gasteiger charge is -2.21. The maximum atomic E-state index is 5.95. The molecule has 1 rings (SSSR count). The normalized spacial score (nSPS) is 12.6. The van der Waals surface area contributed by atoms with Gasteiger partial charge in [-0.1, -0.05) is 31.5 Å². The van der Waals surface area contributed by atoms with Gasteiger partial charge in [-0.05, 0) is 25.0 Å². The number of benzene rings is 1. The van der Waals surface area contributed by atoms with Gasteiger partial charge in [0.25, 0.3) is 0 Å². The first-order chi connectivity index (χ1) is 9.47. The molecule has 120 valence electrons. The monoisotopic (exact) mass is 425 g/mol. The van der Waals surface area contributed by atoms with Gasteiger partial charge in [0.05, 0.1) is 7.11 Å². The Morgan fingerprint density at radius 1 is 1.33 bits per heavy atom. The molecule has 2 N–H and O–H groups in total. The van der Waals surface area contributed by atoms with E-state index in [9.17, 15) is 0 Å². The maximum absolute atomic E-state index is 5.95. The number of hydrogen-bond donors (Lipinski definition) is 2. The van der Waals surface area contributed by atoms with Crippen LogP contribution in [0, 0.1) is 5.92 Å². The van der Waals surface area contributed by atoms with Crippen LogP contribution in [0.3, 0.4) is 0 Å².